The molecule has 0 aliphatic heterocycles. The lowest BCUT2D eigenvalue weighted by Gasteiger charge is -2.16. The van der Waals surface area contributed by atoms with Gasteiger partial charge in [-0.3, -0.25) is 4.79 Å². The van der Waals surface area contributed by atoms with E-state index in [4.69, 9.17) is 14.2 Å². The molecule has 1 amide bonds. The third-order valence-corrected chi connectivity index (χ3v) is 4.35. The molecule has 1 aromatic heterocycles. The minimum atomic E-state index is -4.57. The molecule has 1 N–H and O–H groups in total. The van der Waals surface area contributed by atoms with Crippen LogP contribution in [0.15, 0.2) is 43.0 Å². The molecule has 0 aliphatic rings. The summed E-state index contributed by atoms with van der Waals surface area (Å²) in [6.45, 7) is 0. The fraction of sp³-hybridized carbons (Fsp3) is 0.250. The Labute approximate surface area is 175 Å². The van der Waals surface area contributed by atoms with Gasteiger partial charge in [0.05, 0.1) is 44.7 Å². The van der Waals surface area contributed by atoms with Crippen molar-refractivity contribution in [3.63, 3.8) is 0 Å². The van der Waals surface area contributed by atoms with Gasteiger partial charge in [-0.1, -0.05) is 0 Å². The molecule has 0 aliphatic carbocycles. The van der Waals surface area contributed by atoms with Crippen LogP contribution in [0.5, 0.6) is 17.2 Å². The highest BCUT2D eigenvalue weighted by Crippen LogP contribution is 2.38. The van der Waals surface area contributed by atoms with E-state index in [1.807, 2.05) is 0 Å². The van der Waals surface area contributed by atoms with Gasteiger partial charge in [0.25, 0.3) is 0 Å². The van der Waals surface area contributed by atoms with Gasteiger partial charge in [0.15, 0.2) is 11.5 Å². The standard InChI is InChI=1S/C20H19F3N4O4/c1-29-16-6-12(7-17(30-2)19(16)31-3)8-18(28)26-14-9-13(20(21,22)23)4-5-15(14)27-11-24-10-25-27/h4-7,9-11H,8H2,1-3H3,(H,26,28). The largest absolute Gasteiger partial charge is 0.493 e. The van der Waals surface area contributed by atoms with E-state index in [1.54, 1.807) is 12.1 Å². The number of hydrogen-bond donors (Lipinski definition) is 1. The van der Waals surface area contributed by atoms with Crippen molar-refractivity contribution < 1.29 is 32.2 Å². The van der Waals surface area contributed by atoms with Crippen LogP contribution in [-0.4, -0.2) is 42.0 Å². The number of rotatable bonds is 7. The number of benzene rings is 2. The summed E-state index contributed by atoms with van der Waals surface area (Å²) in [7, 11) is 4.33. The summed E-state index contributed by atoms with van der Waals surface area (Å²) >= 11 is 0. The first-order valence-corrected chi connectivity index (χ1v) is 8.91. The Kier molecular flexibility index (Phi) is 6.33. The Hall–Kier alpha value is -3.76. The van der Waals surface area contributed by atoms with E-state index >= 15 is 0 Å². The van der Waals surface area contributed by atoms with Crippen LogP contribution in [0.25, 0.3) is 5.69 Å². The molecule has 0 saturated heterocycles. The molecule has 0 saturated carbocycles. The number of nitrogens with zero attached hydrogens (tertiary/aromatic N) is 3. The maximum absolute atomic E-state index is 13.2. The zero-order chi connectivity index (χ0) is 22.6. The van der Waals surface area contributed by atoms with Crippen LogP contribution in [-0.2, 0) is 17.4 Å². The number of amides is 1. The van der Waals surface area contributed by atoms with Gasteiger partial charge in [-0.2, -0.15) is 18.3 Å². The molecular weight excluding hydrogens is 417 g/mol. The third kappa shape index (κ3) is 4.87. The van der Waals surface area contributed by atoms with E-state index in [-0.39, 0.29) is 17.8 Å². The average molecular weight is 436 g/mol. The number of aromatic nitrogens is 3. The summed E-state index contributed by atoms with van der Waals surface area (Å²) in [6.07, 6.45) is -2.17. The minimum absolute atomic E-state index is 0.0576. The normalized spacial score (nSPS) is 11.2. The number of nitrogens with one attached hydrogen (secondary N) is 1. The lowest BCUT2D eigenvalue weighted by atomic mass is 10.1. The molecule has 3 rings (SSSR count). The molecule has 164 valence electrons. The number of carbonyl (C=O) groups excluding carboxylic acids is 1. The van der Waals surface area contributed by atoms with Gasteiger partial charge in [0.2, 0.25) is 11.7 Å². The number of ether oxygens (including phenoxy) is 3. The van der Waals surface area contributed by atoms with Crippen LogP contribution < -0.4 is 19.5 Å². The fourth-order valence-electron chi connectivity index (χ4n) is 2.96. The van der Waals surface area contributed by atoms with Crippen molar-refractivity contribution in [2.75, 3.05) is 26.6 Å². The second kappa shape index (κ2) is 8.94. The van der Waals surface area contributed by atoms with Crippen LogP contribution in [0.2, 0.25) is 0 Å². The first-order valence-electron chi connectivity index (χ1n) is 8.91. The Morgan fingerprint density at radius 3 is 2.26 bits per heavy atom. The van der Waals surface area contributed by atoms with Crippen LogP contribution in [0.4, 0.5) is 18.9 Å². The summed E-state index contributed by atoms with van der Waals surface area (Å²) in [4.78, 5) is 16.5. The summed E-state index contributed by atoms with van der Waals surface area (Å²) in [5, 5.41) is 6.44. The molecule has 2 aromatic carbocycles. The zero-order valence-electron chi connectivity index (χ0n) is 16.9. The topological polar surface area (TPSA) is 87.5 Å². The molecule has 11 heteroatoms. The van der Waals surface area contributed by atoms with Crippen molar-refractivity contribution >= 4 is 11.6 Å². The minimum Gasteiger partial charge on any atom is -0.493 e. The number of anilines is 1. The van der Waals surface area contributed by atoms with E-state index in [1.165, 1.54) is 44.7 Å². The van der Waals surface area contributed by atoms with Crippen LogP contribution in [0.1, 0.15) is 11.1 Å². The van der Waals surface area contributed by atoms with E-state index in [2.05, 4.69) is 15.4 Å². The second-order valence-electron chi connectivity index (χ2n) is 6.33. The van der Waals surface area contributed by atoms with Crippen molar-refractivity contribution in [2.45, 2.75) is 12.6 Å². The van der Waals surface area contributed by atoms with E-state index in [9.17, 15) is 18.0 Å². The summed E-state index contributed by atoms with van der Waals surface area (Å²) in [5.41, 5.74) is -0.206. The van der Waals surface area contributed by atoms with Crippen LogP contribution >= 0.6 is 0 Å². The van der Waals surface area contributed by atoms with Gasteiger partial charge in [-0.05, 0) is 35.9 Å². The van der Waals surface area contributed by atoms with Crippen molar-refractivity contribution in [3.8, 4) is 22.9 Å². The quantitative estimate of drug-likeness (QED) is 0.610. The number of carbonyl (C=O) groups is 1. The maximum Gasteiger partial charge on any atom is 0.416 e. The monoisotopic (exact) mass is 436 g/mol. The molecule has 0 fully saturated rings. The maximum atomic E-state index is 13.2. The predicted octanol–water partition coefficient (Wildman–Crippen LogP) is 3.49. The molecule has 0 radical (unpaired) electrons. The first-order chi connectivity index (χ1) is 14.8. The highest BCUT2D eigenvalue weighted by atomic mass is 19.4. The van der Waals surface area contributed by atoms with Crippen molar-refractivity contribution in [2.24, 2.45) is 0 Å². The fourth-order valence-corrected chi connectivity index (χ4v) is 2.96. The van der Waals surface area contributed by atoms with Gasteiger partial charge in [-0.15, -0.1) is 0 Å². The molecule has 0 spiro atoms. The van der Waals surface area contributed by atoms with Crippen molar-refractivity contribution in [1.82, 2.24) is 14.8 Å². The smallest absolute Gasteiger partial charge is 0.416 e. The highest BCUT2D eigenvalue weighted by molar-refractivity contribution is 5.94. The molecule has 0 atom stereocenters. The Morgan fingerprint density at radius 1 is 1.06 bits per heavy atom. The molecule has 0 unspecified atom stereocenters. The summed E-state index contributed by atoms with van der Waals surface area (Å²) < 4.78 is 56.6. The van der Waals surface area contributed by atoms with Gasteiger partial charge in [0, 0.05) is 0 Å². The van der Waals surface area contributed by atoms with Gasteiger partial charge in [0.1, 0.15) is 12.7 Å². The van der Waals surface area contributed by atoms with Gasteiger partial charge < -0.3 is 19.5 Å². The number of alkyl halides is 3. The number of methoxy groups -OCH3 is 3. The van der Waals surface area contributed by atoms with Crippen LogP contribution in [0.3, 0.4) is 0 Å². The van der Waals surface area contributed by atoms with Crippen LogP contribution in [0, 0.1) is 0 Å². The molecule has 0 bridgehead atoms. The Balaban J connectivity index is 1.91. The SMILES string of the molecule is COc1cc(CC(=O)Nc2cc(C(F)(F)F)ccc2-n2cncn2)cc(OC)c1OC. The van der Waals surface area contributed by atoms with Crippen molar-refractivity contribution in [1.29, 1.82) is 0 Å². The van der Waals surface area contributed by atoms with Crippen molar-refractivity contribution in [3.05, 3.63) is 54.1 Å². The molecular formula is C20H19F3N4O4. The number of hydrogen-bond acceptors (Lipinski definition) is 6. The van der Waals surface area contributed by atoms with Gasteiger partial charge >= 0.3 is 6.18 Å². The number of halogens is 3. The summed E-state index contributed by atoms with van der Waals surface area (Å²) in [5.74, 6) is 0.523. The lowest BCUT2D eigenvalue weighted by Crippen LogP contribution is -2.17. The highest BCUT2D eigenvalue weighted by Gasteiger charge is 2.31. The third-order valence-electron chi connectivity index (χ3n) is 4.35. The molecule has 8 nitrogen and oxygen atoms in total. The first kappa shape index (κ1) is 21.9. The van der Waals surface area contributed by atoms with E-state index in [0.29, 0.717) is 22.8 Å². The molecule has 31 heavy (non-hydrogen) atoms. The Bertz CT molecular complexity index is 1040. The predicted molar refractivity (Wildman–Crippen MR) is 105 cm³/mol. The molecule has 1 heterocycles. The summed E-state index contributed by atoms with van der Waals surface area (Å²) in [6, 6.07) is 6.15. The Morgan fingerprint density at radius 2 is 1.74 bits per heavy atom. The van der Waals surface area contributed by atoms with E-state index < -0.39 is 17.6 Å². The second-order valence-corrected chi connectivity index (χ2v) is 6.33. The van der Waals surface area contributed by atoms with E-state index in [0.717, 1.165) is 12.1 Å². The zero-order valence-corrected chi connectivity index (χ0v) is 16.9. The van der Waals surface area contributed by atoms with Gasteiger partial charge in [-0.25, -0.2) is 9.67 Å². The average Bonchev–Trinajstić information content (AvgIpc) is 3.26. The lowest BCUT2D eigenvalue weighted by molar-refractivity contribution is -0.137. The molecule has 3 aromatic rings.